The number of amides is 2. The Labute approximate surface area is 143 Å². The number of benzene rings is 1. The molecule has 1 fully saturated rings. The Balaban J connectivity index is 1.61. The molecule has 3 rings (SSSR count). The Bertz CT molecular complexity index is 771. The number of thioether (sulfide) groups is 1. The zero-order valence-corrected chi connectivity index (χ0v) is 13.8. The lowest BCUT2D eigenvalue weighted by Gasteiger charge is -2.14. The van der Waals surface area contributed by atoms with E-state index in [2.05, 4.69) is 4.98 Å². The Morgan fingerprint density at radius 2 is 1.96 bits per heavy atom. The normalized spacial score (nSPS) is 16.0. The minimum Gasteiger partial charge on any atom is -0.493 e. The van der Waals surface area contributed by atoms with Crippen LogP contribution in [0.25, 0.3) is 6.08 Å². The van der Waals surface area contributed by atoms with E-state index in [1.165, 1.54) is 4.90 Å². The second-order valence-electron chi connectivity index (χ2n) is 4.96. The van der Waals surface area contributed by atoms with E-state index in [9.17, 15) is 9.59 Å². The highest BCUT2D eigenvalue weighted by molar-refractivity contribution is 8.18. The number of hydrogen-bond donors (Lipinski definition) is 1. The summed E-state index contributed by atoms with van der Waals surface area (Å²) in [6, 6.07) is 10.9. The van der Waals surface area contributed by atoms with E-state index < -0.39 is 0 Å². The second-order valence-corrected chi connectivity index (χ2v) is 5.95. The number of H-pyrrole nitrogens is 1. The Kier molecular flexibility index (Phi) is 4.90. The lowest BCUT2D eigenvalue weighted by molar-refractivity contribution is -0.123. The van der Waals surface area contributed by atoms with E-state index in [1.807, 2.05) is 24.3 Å². The van der Waals surface area contributed by atoms with Gasteiger partial charge in [-0.25, -0.2) is 0 Å². The number of aromatic nitrogens is 1. The van der Waals surface area contributed by atoms with Crippen LogP contribution in [0.4, 0.5) is 4.79 Å². The van der Waals surface area contributed by atoms with Crippen LogP contribution in [0.5, 0.6) is 11.5 Å². The van der Waals surface area contributed by atoms with Crippen LogP contribution in [-0.2, 0) is 4.79 Å². The summed E-state index contributed by atoms with van der Waals surface area (Å²) >= 11 is 0.932. The third-order valence-electron chi connectivity index (χ3n) is 3.42. The maximum atomic E-state index is 12.3. The molecule has 0 aliphatic carbocycles. The van der Waals surface area contributed by atoms with E-state index >= 15 is 0 Å². The zero-order valence-electron chi connectivity index (χ0n) is 13.0. The maximum Gasteiger partial charge on any atom is 0.293 e. The fourth-order valence-electron chi connectivity index (χ4n) is 2.25. The van der Waals surface area contributed by atoms with Crippen molar-refractivity contribution in [3.8, 4) is 11.5 Å². The van der Waals surface area contributed by atoms with Crippen LogP contribution in [0.2, 0.25) is 0 Å². The van der Waals surface area contributed by atoms with Crippen LogP contribution < -0.4 is 9.47 Å². The molecule has 2 aromatic rings. The standard InChI is InChI=1S/C17H16N2O4S/c1-22-13-6-2-3-7-14(13)23-10-9-19-16(20)15(24-17(19)21)11-12-5-4-8-18-12/h2-8,11,18H,9-10H2,1H3/b15-11-. The Morgan fingerprint density at radius 3 is 2.67 bits per heavy atom. The van der Waals surface area contributed by atoms with E-state index in [0.717, 1.165) is 17.5 Å². The van der Waals surface area contributed by atoms with Gasteiger partial charge in [0.25, 0.3) is 11.1 Å². The van der Waals surface area contributed by atoms with Crippen LogP contribution in [0, 0.1) is 0 Å². The molecule has 1 N–H and O–H groups in total. The number of rotatable bonds is 6. The average Bonchev–Trinajstić information content (AvgIpc) is 3.19. The van der Waals surface area contributed by atoms with Crippen molar-refractivity contribution >= 4 is 29.0 Å². The van der Waals surface area contributed by atoms with Gasteiger partial charge in [-0.15, -0.1) is 0 Å². The molecule has 7 heteroatoms. The quantitative estimate of drug-likeness (QED) is 0.815. The highest BCUT2D eigenvalue weighted by Crippen LogP contribution is 2.32. The van der Waals surface area contributed by atoms with E-state index in [4.69, 9.17) is 9.47 Å². The number of carbonyl (C=O) groups is 2. The van der Waals surface area contributed by atoms with Crippen LogP contribution in [0.15, 0.2) is 47.5 Å². The van der Waals surface area contributed by atoms with E-state index in [1.54, 1.807) is 31.5 Å². The van der Waals surface area contributed by atoms with Gasteiger partial charge in [0.05, 0.1) is 18.6 Å². The highest BCUT2D eigenvalue weighted by atomic mass is 32.2. The zero-order chi connectivity index (χ0) is 16.9. The summed E-state index contributed by atoms with van der Waals surface area (Å²) in [5, 5.41) is -0.290. The van der Waals surface area contributed by atoms with Crippen LogP contribution >= 0.6 is 11.8 Å². The van der Waals surface area contributed by atoms with Crippen molar-refractivity contribution in [2.24, 2.45) is 0 Å². The third-order valence-corrected chi connectivity index (χ3v) is 4.33. The maximum absolute atomic E-state index is 12.3. The predicted molar refractivity (Wildman–Crippen MR) is 92.0 cm³/mol. The first-order chi connectivity index (χ1) is 11.7. The number of hydrogen-bond acceptors (Lipinski definition) is 5. The van der Waals surface area contributed by atoms with Gasteiger partial charge in [0.15, 0.2) is 11.5 Å². The number of methoxy groups -OCH3 is 1. The molecule has 6 nitrogen and oxygen atoms in total. The van der Waals surface area contributed by atoms with Crippen molar-refractivity contribution in [3.63, 3.8) is 0 Å². The largest absolute Gasteiger partial charge is 0.493 e. The number of ether oxygens (including phenoxy) is 2. The van der Waals surface area contributed by atoms with Crippen molar-refractivity contribution in [2.75, 3.05) is 20.3 Å². The van der Waals surface area contributed by atoms with Gasteiger partial charge in [-0.05, 0) is 42.1 Å². The van der Waals surface area contributed by atoms with Gasteiger partial charge in [0.1, 0.15) is 6.61 Å². The molecule has 1 aliphatic rings. The van der Waals surface area contributed by atoms with Crippen molar-refractivity contribution in [2.45, 2.75) is 0 Å². The number of nitrogens with one attached hydrogen (secondary N) is 1. The van der Waals surface area contributed by atoms with Gasteiger partial charge < -0.3 is 14.5 Å². The summed E-state index contributed by atoms with van der Waals surface area (Å²) in [4.78, 5) is 28.9. The molecule has 1 aromatic carbocycles. The van der Waals surface area contributed by atoms with Crippen LogP contribution in [0.1, 0.15) is 5.69 Å². The lowest BCUT2D eigenvalue weighted by Crippen LogP contribution is -2.32. The number of carbonyl (C=O) groups excluding carboxylic acids is 2. The van der Waals surface area contributed by atoms with Crippen LogP contribution in [-0.4, -0.2) is 41.3 Å². The smallest absolute Gasteiger partial charge is 0.293 e. The minimum atomic E-state index is -0.303. The van der Waals surface area contributed by atoms with Gasteiger partial charge >= 0.3 is 0 Å². The van der Waals surface area contributed by atoms with Gasteiger partial charge in [-0.3, -0.25) is 14.5 Å². The number of nitrogens with zero attached hydrogens (tertiary/aromatic N) is 1. The van der Waals surface area contributed by atoms with Gasteiger partial charge in [-0.2, -0.15) is 0 Å². The molecule has 0 atom stereocenters. The molecule has 1 saturated heterocycles. The SMILES string of the molecule is COc1ccccc1OCCN1C(=O)S/C(=C\c2ccc[nH]2)C1=O. The molecule has 0 saturated carbocycles. The molecule has 1 aromatic heterocycles. The predicted octanol–water partition coefficient (Wildman–Crippen LogP) is 3.14. The molecule has 0 spiro atoms. The summed E-state index contributed by atoms with van der Waals surface area (Å²) < 4.78 is 10.8. The third kappa shape index (κ3) is 3.46. The van der Waals surface area contributed by atoms with E-state index in [-0.39, 0.29) is 24.3 Å². The molecule has 0 unspecified atom stereocenters. The molecular formula is C17H16N2O4S. The fourth-order valence-corrected chi connectivity index (χ4v) is 3.11. The van der Waals surface area contributed by atoms with Crippen molar-refractivity contribution < 1.29 is 19.1 Å². The summed E-state index contributed by atoms with van der Waals surface area (Å²) in [6.07, 6.45) is 3.43. The summed E-state index contributed by atoms with van der Waals surface area (Å²) in [6.45, 7) is 0.388. The molecule has 124 valence electrons. The molecular weight excluding hydrogens is 328 g/mol. The van der Waals surface area contributed by atoms with Crippen molar-refractivity contribution in [3.05, 3.63) is 53.2 Å². The molecule has 0 bridgehead atoms. The first-order valence-corrected chi connectivity index (χ1v) is 8.15. The molecule has 2 amide bonds. The average molecular weight is 344 g/mol. The van der Waals surface area contributed by atoms with Gasteiger partial charge in [0.2, 0.25) is 0 Å². The Morgan fingerprint density at radius 1 is 1.17 bits per heavy atom. The van der Waals surface area contributed by atoms with Crippen molar-refractivity contribution in [1.82, 2.24) is 9.88 Å². The first kappa shape index (κ1) is 16.2. The van der Waals surface area contributed by atoms with Gasteiger partial charge in [-0.1, -0.05) is 12.1 Å². The fraction of sp³-hybridized carbons (Fsp3) is 0.176. The first-order valence-electron chi connectivity index (χ1n) is 7.33. The molecule has 1 aliphatic heterocycles. The molecule has 24 heavy (non-hydrogen) atoms. The topological polar surface area (TPSA) is 71.6 Å². The highest BCUT2D eigenvalue weighted by Gasteiger charge is 2.34. The number of aromatic amines is 1. The molecule has 2 heterocycles. The molecule has 0 radical (unpaired) electrons. The minimum absolute atomic E-state index is 0.185. The van der Waals surface area contributed by atoms with Gasteiger partial charge in [0, 0.05) is 11.9 Å². The summed E-state index contributed by atoms with van der Waals surface area (Å²) in [7, 11) is 1.56. The summed E-state index contributed by atoms with van der Waals surface area (Å²) in [5.41, 5.74) is 0.783. The van der Waals surface area contributed by atoms with E-state index in [0.29, 0.717) is 16.4 Å². The second kappa shape index (κ2) is 7.27. The number of para-hydroxylation sites is 2. The van der Waals surface area contributed by atoms with Crippen LogP contribution in [0.3, 0.4) is 0 Å². The van der Waals surface area contributed by atoms with Crippen molar-refractivity contribution in [1.29, 1.82) is 0 Å². The Hall–Kier alpha value is -2.67. The monoisotopic (exact) mass is 344 g/mol. The number of imide groups is 1. The summed E-state index contributed by atoms with van der Waals surface area (Å²) in [5.74, 6) is 0.885. The lowest BCUT2D eigenvalue weighted by atomic mass is 10.3.